The van der Waals surface area contributed by atoms with Crippen molar-refractivity contribution in [3.05, 3.63) is 120 Å². The van der Waals surface area contributed by atoms with E-state index in [0.29, 0.717) is 6.54 Å². The van der Waals surface area contributed by atoms with Gasteiger partial charge in [0.2, 0.25) is 0 Å². The van der Waals surface area contributed by atoms with Gasteiger partial charge in [0, 0.05) is 18.0 Å². The van der Waals surface area contributed by atoms with Gasteiger partial charge in [-0.3, -0.25) is 0 Å². The maximum atomic E-state index is 9.73. The van der Waals surface area contributed by atoms with Gasteiger partial charge in [-0.2, -0.15) is 0 Å². The van der Waals surface area contributed by atoms with Crippen molar-refractivity contribution in [2.45, 2.75) is 17.9 Å². The third-order valence-electron chi connectivity index (χ3n) is 5.34. The van der Waals surface area contributed by atoms with Crippen LogP contribution in [0.4, 0.5) is 5.69 Å². The summed E-state index contributed by atoms with van der Waals surface area (Å²) in [5.41, 5.74) is 3.27. The van der Waals surface area contributed by atoms with Crippen LogP contribution in [0.15, 0.2) is 119 Å². The van der Waals surface area contributed by atoms with Crippen molar-refractivity contribution in [1.82, 2.24) is 4.90 Å². The number of nitrogens with zero attached hydrogens (tertiary/aromatic N) is 2. The molecular formula is C29H28N2O2S. The Labute approximate surface area is 205 Å². The number of thioether (sulfide) groups is 1. The van der Waals surface area contributed by atoms with Crippen molar-refractivity contribution in [2.75, 3.05) is 13.7 Å². The van der Waals surface area contributed by atoms with Gasteiger partial charge in [-0.05, 0) is 66.1 Å². The smallest absolute Gasteiger partial charge is 0.169 e. The molecule has 0 aromatic heterocycles. The molecule has 1 N–H and O–H groups in total. The third kappa shape index (κ3) is 6.90. The Morgan fingerprint density at radius 1 is 0.794 bits per heavy atom. The molecule has 0 atom stereocenters. The summed E-state index contributed by atoms with van der Waals surface area (Å²) in [6.45, 7) is 1.49. The quantitative estimate of drug-likeness (QED) is 0.173. The summed E-state index contributed by atoms with van der Waals surface area (Å²) in [6, 6.07) is 36.0. The van der Waals surface area contributed by atoms with Gasteiger partial charge in [-0.15, -0.1) is 0 Å². The zero-order valence-corrected chi connectivity index (χ0v) is 20.0. The van der Waals surface area contributed by atoms with E-state index in [1.807, 2.05) is 60.7 Å². The minimum atomic E-state index is 0.269. The summed E-state index contributed by atoms with van der Waals surface area (Å²) < 4.78 is 5.31. The Morgan fingerprint density at radius 2 is 1.44 bits per heavy atom. The van der Waals surface area contributed by atoms with Crippen LogP contribution in [0.2, 0.25) is 0 Å². The summed E-state index contributed by atoms with van der Waals surface area (Å²) in [6.07, 6.45) is 0.899. The standard InChI is InChI=1S/C29H28N2O2S/c1-33-27-18-14-25(15-19-27)30-29(34-28-10-6-3-7-11-28)31(21-20-23-8-4-2-5-9-23)22-24-12-16-26(32)17-13-24/h2-19,32H,20-22H2,1H3. The third-order valence-corrected chi connectivity index (χ3v) is 6.38. The minimum absolute atomic E-state index is 0.269. The predicted molar refractivity (Wildman–Crippen MR) is 141 cm³/mol. The van der Waals surface area contributed by atoms with Gasteiger partial charge in [-0.1, -0.05) is 72.4 Å². The van der Waals surface area contributed by atoms with Gasteiger partial charge in [0.1, 0.15) is 11.5 Å². The molecule has 4 nitrogen and oxygen atoms in total. The average molecular weight is 469 g/mol. The Kier molecular flexibility index (Phi) is 8.25. The lowest BCUT2D eigenvalue weighted by Crippen LogP contribution is -2.30. The molecule has 4 aromatic rings. The first kappa shape index (κ1) is 23.5. The maximum Gasteiger partial charge on any atom is 0.169 e. The van der Waals surface area contributed by atoms with E-state index in [-0.39, 0.29) is 5.75 Å². The van der Waals surface area contributed by atoms with E-state index in [0.717, 1.165) is 40.0 Å². The molecule has 0 radical (unpaired) electrons. The fourth-order valence-corrected chi connectivity index (χ4v) is 4.43. The van der Waals surface area contributed by atoms with Crippen molar-refractivity contribution in [1.29, 1.82) is 0 Å². The predicted octanol–water partition coefficient (Wildman–Crippen LogP) is 6.93. The van der Waals surface area contributed by atoms with Crippen LogP contribution in [-0.2, 0) is 13.0 Å². The Balaban J connectivity index is 1.67. The number of hydrogen-bond donors (Lipinski definition) is 1. The second kappa shape index (κ2) is 12.0. The number of phenols is 1. The van der Waals surface area contributed by atoms with Crippen LogP contribution in [0, 0.1) is 0 Å². The lowest BCUT2D eigenvalue weighted by atomic mass is 10.1. The first-order valence-corrected chi connectivity index (χ1v) is 12.0. The molecule has 0 heterocycles. The number of ether oxygens (including phenoxy) is 1. The molecule has 0 aliphatic heterocycles. The van der Waals surface area contributed by atoms with Crippen LogP contribution in [0.25, 0.3) is 0 Å². The largest absolute Gasteiger partial charge is 0.508 e. The normalized spacial score (nSPS) is 11.3. The van der Waals surface area contributed by atoms with E-state index in [9.17, 15) is 5.11 Å². The Hall–Kier alpha value is -3.70. The van der Waals surface area contributed by atoms with Crippen LogP contribution in [-0.4, -0.2) is 28.8 Å². The molecule has 0 bridgehead atoms. The first-order valence-electron chi connectivity index (χ1n) is 11.2. The van der Waals surface area contributed by atoms with E-state index >= 15 is 0 Å². The zero-order valence-electron chi connectivity index (χ0n) is 19.2. The molecule has 4 aromatic carbocycles. The summed E-state index contributed by atoms with van der Waals surface area (Å²) in [7, 11) is 1.66. The molecule has 0 aliphatic rings. The van der Waals surface area contributed by atoms with Crippen molar-refractivity contribution in [3.63, 3.8) is 0 Å². The summed E-state index contributed by atoms with van der Waals surface area (Å²) >= 11 is 1.65. The molecule has 0 unspecified atom stereocenters. The molecule has 0 saturated carbocycles. The molecule has 0 saturated heterocycles. The van der Waals surface area contributed by atoms with Gasteiger partial charge >= 0.3 is 0 Å². The molecule has 34 heavy (non-hydrogen) atoms. The minimum Gasteiger partial charge on any atom is -0.508 e. The van der Waals surface area contributed by atoms with E-state index in [1.165, 1.54) is 5.56 Å². The maximum absolute atomic E-state index is 9.73. The number of aliphatic imine (C=N–C) groups is 1. The number of phenolic OH excluding ortho intramolecular Hbond substituents is 1. The number of benzene rings is 4. The van der Waals surface area contributed by atoms with Gasteiger partial charge in [0.15, 0.2) is 5.17 Å². The van der Waals surface area contributed by atoms with E-state index in [2.05, 4.69) is 41.3 Å². The van der Waals surface area contributed by atoms with Crippen molar-refractivity contribution in [2.24, 2.45) is 4.99 Å². The topological polar surface area (TPSA) is 45.1 Å². The van der Waals surface area contributed by atoms with Gasteiger partial charge < -0.3 is 14.7 Å². The van der Waals surface area contributed by atoms with E-state index in [4.69, 9.17) is 9.73 Å². The fourth-order valence-electron chi connectivity index (χ4n) is 3.49. The lowest BCUT2D eigenvalue weighted by Gasteiger charge is -2.26. The van der Waals surface area contributed by atoms with Gasteiger partial charge in [0.25, 0.3) is 0 Å². The monoisotopic (exact) mass is 468 g/mol. The highest BCUT2D eigenvalue weighted by molar-refractivity contribution is 8.13. The molecule has 4 rings (SSSR count). The van der Waals surface area contributed by atoms with Crippen LogP contribution < -0.4 is 4.74 Å². The average Bonchev–Trinajstić information content (AvgIpc) is 2.89. The summed E-state index contributed by atoms with van der Waals surface area (Å²) in [4.78, 5) is 8.49. The molecule has 0 fully saturated rings. The Morgan fingerprint density at radius 3 is 2.09 bits per heavy atom. The Bertz CT molecular complexity index is 1180. The summed E-state index contributed by atoms with van der Waals surface area (Å²) in [5, 5.41) is 10.6. The van der Waals surface area contributed by atoms with Crippen LogP contribution in [0.1, 0.15) is 11.1 Å². The summed E-state index contributed by atoms with van der Waals surface area (Å²) in [5.74, 6) is 1.08. The van der Waals surface area contributed by atoms with E-state index in [1.54, 1.807) is 31.0 Å². The number of methoxy groups -OCH3 is 1. The fraction of sp³-hybridized carbons (Fsp3) is 0.138. The van der Waals surface area contributed by atoms with Gasteiger partial charge in [-0.25, -0.2) is 4.99 Å². The van der Waals surface area contributed by atoms with E-state index < -0.39 is 0 Å². The highest BCUT2D eigenvalue weighted by atomic mass is 32.2. The second-order valence-electron chi connectivity index (χ2n) is 7.83. The molecule has 172 valence electrons. The van der Waals surface area contributed by atoms with Crippen LogP contribution in [0.3, 0.4) is 0 Å². The highest BCUT2D eigenvalue weighted by Crippen LogP contribution is 2.27. The number of rotatable bonds is 8. The highest BCUT2D eigenvalue weighted by Gasteiger charge is 2.15. The van der Waals surface area contributed by atoms with Gasteiger partial charge in [0.05, 0.1) is 12.8 Å². The van der Waals surface area contributed by atoms with Crippen molar-refractivity contribution < 1.29 is 9.84 Å². The molecular weight excluding hydrogens is 440 g/mol. The van der Waals surface area contributed by atoms with Crippen molar-refractivity contribution in [3.8, 4) is 11.5 Å². The van der Waals surface area contributed by atoms with Crippen molar-refractivity contribution >= 4 is 22.6 Å². The zero-order chi connectivity index (χ0) is 23.6. The number of hydrogen-bond acceptors (Lipinski definition) is 4. The molecule has 5 heteroatoms. The van der Waals surface area contributed by atoms with Crippen LogP contribution in [0.5, 0.6) is 11.5 Å². The van der Waals surface area contributed by atoms with Crippen LogP contribution >= 0.6 is 11.8 Å². The first-order chi connectivity index (χ1) is 16.7. The number of amidine groups is 1. The molecule has 0 aliphatic carbocycles. The number of aromatic hydroxyl groups is 1. The lowest BCUT2D eigenvalue weighted by molar-refractivity contribution is 0.415. The molecule has 0 spiro atoms. The second-order valence-corrected chi connectivity index (χ2v) is 8.87. The molecule has 0 amide bonds. The SMILES string of the molecule is COc1ccc(N=C(Sc2ccccc2)N(CCc2ccccc2)Cc2ccc(O)cc2)cc1.